The highest BCUT2D eigenvalue weighted by Crippen LogP contribution is 2.23. The molecule has 1 heterocycles. The average molecular weight is 288 g/mol. The lowest BCUT2D eigenvalue weighted by atomic mass is 10.1. The van der Waals surface area contributed by atoms with Crippen LogP contribution in [-0.2, 0) is 6.42 Å². The van der Waals surface area contributed by atoms with E-state index >= 15 is 0 Å². The lowest BCUT2D eigenvalue weighted by Crippen LogP contribution is -2.19. The Morgan fingerprint density at radius 1 is 1.14 bits per heavy atom. The molecule has 1 aromatic heterocycles. The molecule has 0 aliphatic rings. The van der Waals surface area contributed by atoms with Crippen molar-refractivity contribution in [2.45, 2.75) is 39.3 Å². The van der Waals surface area contributed by atoms with Crippen LogP contribution in [0.1, 0.15) is 26.3 Å². The summed E-state index contributed by atoms with van der Waals surface area (Å²) in [7, 11) is 0. The molecule has 1 N–H and O–H groups in total. The molecule has 0 radical (unpaired) electrons. The fraction of sp³-hybridized carbons (Fsp3) is 0.353. The van der Waals surface area contributed by atoms with Gasteiger partial charge in [0.15, 0.2) is 0 Å². The Kier molecular flexibility index (Phi) is 5.14. The Balaban J connectivity index is 2.02. The van der Waals surface area contributed by atoms with Crippen molar-refractivity contribution in [1.82, 2.24) is 4.98 Å². The number of ether oxygens (including phenoxy) is 1. The maximum Gasteiger partial charge on any atom is 0.237 e. The van der Waals surface area contributed by atoms with Crippen LogP contribution in [0.4, 0.5) is 10.1 Å². The Morgan fingerprint density at radius 3 is 2.52 bits per heavy atom. The molecular weight excluding hydrogens is 267 g/mol. The van der Waals surface area contributed by atoms with Gasteiger partial charge in [-0.3, -0.25) is 0 Å². The molecule has 0 spiro atoms. The quantitative estimate of drug-likeness (QED) is 0.870. The van der Waals surface area contributed by atoms with Gasteiger partial charge in [-0.05, 0) is 57.0 Å². The first-order valence-electron chi connectivity index (χ1n) is 7.17. The molecule has 1 atom stereocenters. The van der Waals surface area contributed by atoms with Crippen molar-refractivity contribution in [1.29, 1.82) is 0 Å². The van der Waals surface area contributed by atoms with Gasteiger partial charge in [0, 0.05) is 12.2 Å². The van der Waals surface area contributed by atoms with Crippen molar-refractivity contribution in [3.05, 3.63) is 54.0 Å². The summed E-state index contributed by atoms with van der Waals surface area (Å²) in [6.07, 6.45) is 2.59. The van der Waals surface area contributed by atoms with Crippen LogP contribution in [0.3, 0.4) is 0 Å². The molecule has 0 saturated heterocycles. The van der Waals surface area contributed by atoms with E-state index in [4.69, 9.17) is 4.74 Å². The molecule has 1 aromatic carbocycles. The Labute approximate surface area is 125 Å². The molecule has 1 unspecified atom stereocenters. The van der Waals surface area contributed by atoms with Gasteiger partial charge in [-0.1, -0.05) is 12.1 Å². The molecule has 0 fully saturated rings. The van der Waals surface area contributed by atoms with Gasteiger partial charge in [0.1, 0.15) is 5.82 Å². The van der Waals surface area contributed by atoms with Crippen LogP contribution in [0.2, 0.25) is 0 Å². The van der Waals surface area contributed by atoms with E-state index in [1.807, 2.05) is 38.1 Å². The fourth-order valence-corrected chi connectivity index (χ4v) is 2.11. The van der Waals surface area contributed by atoms with E-state index in [9.17, 15) is 4.39 Å². The van der Waals surface area contributed by atoms with E-state index in [-0.39, 0.29) is 18.0 Å². The van der Waals surface area contributed by atoms with E-state index in [2.05, 4.69) is 17.2 Å². The summed E-state index contributed by atoms with van der Waals surface area (Å²) in [6, 6.07) is 10.6. The maximum absolute atomic E-state index is 12.9. The van der Waals surface area contributed by atoms with Gasteiger partial charge in [0.05, 0.1) is 11.8 Å². The summed E-state index contributed by atoms with van der Waals surface area (Å²) in [5.41, 5.74) is 1.97. The van der Waals surface area contributed by atoms with Gasteiger partial charge in [-0.2, -0.15) is 0 Å². The molecule has 21 heavy (non-hydrogen) atoms. The zero-order valence-electron chi connectivity index (χ0n) is 12.6. The molecular formula is C17H21FN2O. The van der Waals surface area contributed by atoms with Crippen molar-refractivity contribution in [3.8, 4) is 5.88 Å². The first-order chi connectivity index (χ1) is 10.0. The summed E-state index contributed by atoms with van der Waals surface area (Å²) in [6.45, 7) is 6.02. The van der Waals surface area contributed by atoms with Gasteiger partial charge in [-0.25, -0.2) is 9.37 Å². The van der Waals surface area contributed by atoms with Gasteiger partial charge in [0.2, 0.25) is 5.88 Å². The molecule has 0 bridgehead atoms. The van der Waals surface area contributed by atoms with Crippen molar-refractivity contribution < 1.29 is 9.13 Å². The van der Waals surface area contributed by atoms with Gasteiger partial charge in [-0.15, -0.1) is 0 Å². The monoisotopic (exact) mass is 288 g/mol. The second-order valence-electron chi connectivity index (χ2n) is 5.40. The molecule has 0 aliphatic heterocycles. The summed E-state index contributed by atoms with van der Waals surface area (Å²) in [5, 5.41) is 3.40. The third kappa shape index (κ3) is 4.74. The third-order valence-corrected chi connectivity index (χ3v) is 2.98. The first-order valence-corrected chi connectivity index (χ1v) is 7.17. The van der Waals surface area contributed by atoms with E-state index in [0.29, 0.717) is 5.88 Å². The predicted molar refractivity (Wildman–Crippen MR) is 83.2 cm³/mol. The minimum absolute atomic E-state index is 0.0767. The highest BCUT2D eigenvalue weighted by molar-refractivity contribution is 5.52. The van der Waals surface area contributed by atoms with Crippen LogP contribution < -0.4 is 10.1 Å². The number of halogens is 1. The van der Waals surface area contributed by atoms with Crippen LogP contribution in [0.25, 0.3) is 0 Å². The molecule has 2 aromatic rings. The smallest absolute Gasteiger partial charge is 0.237 e. The highest BCUT2D eigenvalue weighted by atomic mass is 19.1. The van der Waals surface area contributed by atoms with E-state index in [0.717, 1.165) is 17.7 Å². The number of aromatic nitrogens is 1. The minimum atomic E-state index is -0.209. The summed E-state index contributed by atoms with van der Waals surface area (Å²) < 4.78 is 18.6. The number of nitrogens with zero attached hydrogens (tertiary/aromatic N) is 1. The van der Waals surface area contributed by atoms with Crippen LogP contribution in [-0.4, -0.2) is 17.1 Å². The molecule has 0 amide bonds. The number of nitrogens with one attached hydrogen (secondary N) is 1. The number of hydrogen-bond acceptors (Lipinski definition) is 3. The van der Waals surface area contributed by atoms with Crippen LogP contribution in [0, 0.1) is 5.82 Å². The lowest BCUT2D eigenvalue weighted by molar-refractivity contribution is 0.234. The van der Waals surface area contributed by atoms with E-state index < -0.39 is 0 Å². The van der Waals surface area contributed by atoms with Crippen molar-refractivity contribution in [2.24, 2.45) is 0 Å². The number of hydrogen-bond donors (Lipinski definition) is 1. The molecule has 4 heteroatoms. The lowest BCUT2D eigenvalue weighted by Gasteiger charge is -2.18. The van der Waals surface area contributed by atoms with Gasteiger partial charge >= 0.3 is 0 Å². The van der Waals surface area contributed by atoms with Crippen LogP contribution in [0.5, 0.6) is 5.88 Å². The minimum Gasteiger partial charge on any atom is -0.473 e. The normalized spacial score (nSPS) is 12.2. The Bertz CT molecular complexity index is 569. The largest absolute Gasteiger partial charge is 0.473 e. The fourth-order valence-electron chi connectivity index (χ4n) is 2.11. The predicted octanol–water partition coefficient (Wildman–Crippen LogP) is 4.05. The molecule has 3 nitrogen and oxygen atoms in total. The number of anilines is 1. The molecule has 112 valence electrons. The second kappa shape index (κ2) is 7.07. The standard InChI is InChI=1S/C17H21FN2O/c1-12(2)21-17-16(5-4-10-19-17)20-13(3)11-14-6-8-15(18)9-7-14/h4-10,12-13,20H,11H2,1-3H3. The summed E-state index contributed by atoms with van der Waals surface area (Å²) in [4.78, 5) is 4.26. The van der Waals surface area contributed by atoms with Crippen LogP contribution >= 0.6 is 0 Å². The maximum atomic E-state index is 12.9. The van der Waals surface area contributed by atoms with E-state index in [1.54, 1.807) is 6.20 Å². The van der Waals surface area contributed by atoms with Gasteiger partial charge < -0.3 is 10.1 Å². The number of rotatable bonds is 6. The zero-order chi connectivity index (χ0) is 15.2. The average Bonchev–Trinajstić information content (AvgIpc) is 2.43. The Hall–Kier alpha value is -2.10. The third-order valence-electron chi connectivity index (χ3n) is 2.98. The zero-order valence-corrected chi connectivity index (χ0v) is 12.6. The van der Waals surface area contributed by atoms with E-state index in [1.165, 1.54) is 12.1 Å². The molecule has 0 saturated carbocycles. The van der Waals surface area contributed by atoms with Crippen LogP contribution in [0.15, 0.2) is 42.6 Å². The summed E-state index contributed by atoms with van der Waals surface area (Å²) >= 11 is 0. The Morgan fingerprint density at radius 2 is 1.86 bits per heavy atom. The van der Waals surface area contributed by atoms with Crippen molar-refractivity contribution in [3.63, 3.8) is 0 Å². The van der Waals surface area contributed by atoms with Crippen molar-refractivity contribution in [2.75, 3.05) is 5.32 Å². The SMILES string of the molecule is CC(Cc1ccc(F)cc1)Nc1cccnc1OC(C)C. The molecule has 2 rings (SSSR count). The highest BCUT2D eigenvalue weighted by Gasteiger charge is 2.10. The van der Waals surface area contributed by atoms with Gasteiger partial charge in [0.25, 0.3) is 0 Å². The topological polar surface area (TPSA) is 34.2 Å². The number of benzene rings is 1. The van der Waals surface area contributed by atoms with Crippen molar-refractivity contribution >= 4 is 5.69 Å². The second-order valence-corrected chi connectivity index (χ2v) is 5.40. The molecule has 0 aliphatic carbocycles. The first kappa shape index (κ1) is 15.3. The summed E-state index contributed by atoms with van der Waals surface area (Å²) in [5.74, 6) is 0.401. The number of pyridine rings is 1.